The Morgan fingerprint density at radius 3 is 2.87 bits per heavy atom. The predicted octanol–water partition coefficient (Wildman–Crippen LogP) is 3.17. The molecular formula is C18H20ClFN2O. The van der Waals surface area contributed by atoms with Crippen LogP contribution < -0.4 is 10.6 Å². The molecule has 2 N–H and O–H groups in total. The van der Waals surface area contributed by atoms with Crippen LogP contribution in [0.5, 0.6) is 0 Å². The fourth-order valence-corrected chi connectivity index (χ4v) is 2.81. The number of hydrogen-bond acceptors (Lipinski definition) is 2. The highest BCUT2D eigenvalue weighted by Gasteiger charge is 2.19. The van der Waals surface area contributed by atoms with Gasteiger partial charge in [0.25, 0.3) is 5.91 Å². The Kier molecular flexibility index (Phi) is 5.74. The molecule has 1 aliphatic rings. The fourth-order valence-electron chi connectivity index (χ4n) is 2.81. The van der Waals surface area contributed by atoms with E-state index < -0.39 is 0 Å². The van der Waals surface area contributed by atoms with Gasteiger partial charge in [-0.25, -0.2) is 4.39 Å². The molecule has 0 bridgehead atoms. The lowest BCUT2D eigenvalue weighted by molar-refractivity contribution is 0.0948. The molecule has 0 saturated heterocycles. The molecule has 0 aromatic heterocycles. The van der Waals surface area contributed by atoms with Crippen molar-refractivity contribution in [1.29, 1.82) is 0 Å². The van der Waals surface area contributed by atoms with Crippen molar-refractivity contribution in [3.63, 3.8) is 0 Å². The number of rotatable bonds is 3. The van der Waals surface area contributed by atoms with Crippen LogP contribution in [0.15, 0.2) is 42.5 Å². The summed E-state index contributed by atoms with van der Waals surface area (Å²) >= 11 is 0. The summed E-state index contributed by atoms with van der Waals surface area (Å²) < 4.78 is 13.5. The first-order valence-electron chi connectivity index (χ1n) is 7.50. The Morgan fingerprint density at radius 2 is 2.09 bits per heavy atom. The third-order valence-electron chi connectivity index (χ3n) is 4.12. The summed E-state index contributed by atoms with van der Waals surface area (Å²) in [5.74, 6) is -0.599. The van der Waals surface area contributed by atoms with Gasteiger partial charge in [0.2, 0.25) is 0 Å². The smallest absolute Gasteiger partial charge is 0.251 e. The lowest BCUT2D eigenvalue weighted by Crippen LogP contribution is -2.38. The molecule has 1 amide bonds. The van der Waals surface area contributed by atoms with Gasteiger partial charge in [-0.3, -0.25) is 4.79 Å². The van der Waals surface area contributed by atoms with Gasteiger partial charge < -0.3 is 10.6 Å². The molecule has 0 aliphatic carbocycles. The molecule has 1 unspecified atom stereocenters. The number of hydrogen-bond donors (Lipinski definition) is 2. The van der Waals surface area contributed by atoms with E-state index in [0.29, 0.717) is 17.7 Å². The molecule has 23 heavy (non-hydrogen) atoms. The quantitative estimate of drug-likeness (QED) is 0.905. The van der Waals surface area contributed by atoms with Crippen LogP contribution in [0.2, 0.25) is 0 Å². The summed E-state index contributed by atoms with van der Waals surface area (Å²) in [5.41, 5.74) is 3.44. The molecule has 0 radical (unpaired) electrons. The number of fused-ring (bicyclic) bond motifs is 1. The summed E-state index contributed by atoms with van der Waals surface area (Å²) in [7, 11) is 0. The lowest BCUT2D eigenvalue weighted by atomic mass is 9.94. The minimum atomic E-state index is -0.353. The van der Waals surface area contributed by atoms with E-state index in [-0.39, 0.29) is 30.2 Å². The molecular weight excluding hydrogens is 315 g/mol. The number of benzene rings is 2. The maximum atomic E-state index is 13.5. The van der Waals surface area contributed by atoms with Gasteiger partial charge in [0.05, 0.1) is 0 Å². The van der Waals surface area contributed by atoms with E-state index in [1.165, 1.54) is 17.2 Å². The number of carbonyl (C=O) groups excluding carboxylic acids is 1. The molecule has 1 heterocycles. The van der Waals surface area contributed by atoms with Crippen molar-refractivity contribution in [2.75, 3.05) is 13.1 Å². The van der Waals surface area contributed by atoms with Crippen LogP contribution in [0.4, 0.5) is 4.39 Å². The molecule has 122 valence electrons. The molecule has 0 saturated carbocycles. The summed E-state index contributed by atoms with van der Waals surface area (Å²) in [4.78, 5) is 12.2. The van der Waals surface area contributed by atoms with Gasteiger partial charge >= 0.3 is 0 Å². The second-order valence-electron chi connectivity index (χ2n) is 5.63. The summed E-state index contributed by atoms with van der Waals surface area (Å²) in [6.07, 6.45) is 1.00. The van der Waals surface area contributed by atoms with E-state index in [0.717, 1.165) is 13.0 Å². The van der Waals surface area contributed by atoms with Crippen molar-refractivity contribution in [3.05, 3.63) is 70.5 Å². The van der Waals surface area contributed by atoms with Gasteiger partial charge in [-0.1, -0.05) is 30.3 Å². The van der Waals surface area contributed by atoms with Crippen molar-refractivity contribution in [2.45, 2.75) is 19.4 Å². The molecule has 5 heteroatoms. The number of carbonyl (C=O) groups is 1. The Morgan fingerprint density at radius 1 is 1.30 bits per heavy atom. The fraction of sp³-hybridized carbons (Fsp3) is 0.278. The van der Waals surface area contributed by atoms with E-state index >= 15 is 0 Å². The molecule has 0 fully saturated rings. The first-order chi connectivity index (χ1) is 10.6. The first kappa shape index (κ1) is 17.4. The summed E-state index contributed by atoms with van der Waals surface area (Å²) in [6, 6.07) is 12.9. The Bertz CT molecular complexity index is 705. The zero-order chi connectivity index (χ0) is 15.5. The van der Waals surface area contributed by atoms with Crippen LogP contribution in [0.1, 0.15) is 33.1 Å². The van der Waals surface area contributed by atoms with E-state index in [1.807, 2.05) is 12.1 Å². The van der Waals surface area contributed by atoms with Crippen LogP contribution in [-0.2, 0) is 6.42 Å². The van der Waals surface area contributed by atoms with Crippen molar-refractivity contribution in [2.24, 2.45) is 0 Å². The SMILES string of the molecule is Cc1ccc(C(=O)NCC2NCCc3ccccc32)cc1F.Cl. The second kappa shape index (κ2) is 7.57. The van der Waals surface area contributed by atoms with Crippen LogP contribution in [0, 0.1) is 12.7 Å². The van der Waals surface area contributed by atoms with Gasteiger partial charge in [0, 0.05) is 18.2 Å². The van der Waals surface area contributed by atoms with Crippen molar-refractivity contribution in [3.8, 4) is 0 Å². The first-order valence-corrected chi connectivity index (χ1v) is 7.50. The zero-order valence-corrected chi connectivity index (χ0v) is 13.8. The molecule has 3 rings (SSSR count). The third kappa shape index (κ3) is 3.89. The van der Waals surface area contributed by atoms with Gasteiger partial charge in [-0.2, -0.15) is 0 Å². The predicted molar refractivity (Wildman–Crippen MR) is 91.6 cm³/mol. The number of halogens is 2. The van der Waals surface area contributed by atoms with Crippen molar-refractivity contribution < 1.29 is 9.18 Å². The Labute approximate surface area is 141 Å². The zero-order valence-electron chi connectivity index (χ0n) is 12.9. The normalized spacial score (nSPS) is 16.2. The molecule has 2 aromatic rings. The van der Waals surface area contributed by atoms with Gasteiger partial charge in [-0.05, 0) is 48.7 Å². The second-order valence-corrected chi connectivity index (χ2v) is 5.63. The number of amides is 1. The highest BCUT2D eigenvalue weighted by Crippen LogP contribution is 2.22. The van der Waals surface area contributed by atoms with Crippen molar-refractivity contribution in [1.82, 2.24) is 10.6 Å². The number of aryl methyl sites for hydroxylation is 1. The largest absolute Gasteiger partial charge is 0.350 e. The highest BCUT2D eigenvalue weighted by atomic mass is 35.5. The molecule has 2 aromatic carbocycles. The Balaban J connectivity index is 0.00000192. The topological polar surface area (TPSA) is 41.1 Å². The van der Waals surface area contributed by atoms with E-state index in [1.54, 1.807) is 19.1 Å². The minimum Gasteiger partial charge on any atom is -0.350 e. The van der Waals surface area contributed by atoms with Crippen LogP contribution >= 0.6 is 12.4 Å². The highest BCUT2D eigenvalue weighted by molar-refractivity contribution is 5.94. The van der Waals surface area contributed by atoms with E-state index in [2.05, 4.69) is 22.8 Å². The third-order valence-corrected chi connectivity index (χ3v) is 4.12. The van der Waals surface area contributed by atoms with Crippen molar-refractivity contribution >= 4 is 18.3 Å². The maximum Gasteiger partial charge on any atom is 0.251 e. The number of nitrogens with one attached hydrogen (secondary N) is 2. The molecule has 3 nitrogen and oxygen atoms in total. The molecule has 1 atom stereocenters. The average Bonchev–Trinajstić information content (AvgIpc) is 2.55. The lowest BCUT2D eigenvalue weighted by Gasteiger charge is -2.27. The van der Waals surface area contributed by atoms with Crippen LogP contribution in [-0.4, -0.2) is 19.0 Å². The van der Waals surface area contributed by atoms with E-state index in [4.69, 9.17) is 0 Å². The Hall–Kier alpha value is -1.91. The van der Waals surface area contributed by atoms with Gasteiger partial charge in [0.15, 0.2) is 0 Å². The molecule has 1 aliphatic heterocycles. The molecule has 0 spiro atoms. The van der Waals surface area contributed by atoms with Gasteiger partial charge in [0.1, 0.15) is 5.82 Å². The maximum absolute atomic E-state index is 13.5. The van der Waals surface area contributed by atoms with E-state index in [9.17, 15) is 9.18 Å². The standard InChI is InChI=1S/C18H19FN2O.ClH/c1-12-6-7-14(10-16(12)19)18(22)21-11-17-15-5-3-2-4-13(15)8-9-20-17;/h2-7,10,17,20H,8-9,11H2,1H3,(H,21,22);1H. The van der Waals surface area contributed by atoms with Crippen LogP contribution in [0.25, 0.3) is 0 Å². The van der Waals surface area contributed by atoms with Crippen LogP contribution in [0.3, 0.4) is 0 Å². The monoisotopic (exact) mass is 334 g/mol. The summed E-state index contributed by atoms with van der Waals surface area (Å²) in [5, 5.41) is 6.30. The minimum absolute atomic E-state index is 0. The summed E-state index contributed by atoms with van der Waals surface area (Å²) in [6.45, 7) is 3.07. The van der Waals surface area contributed by atoms with Gasteiger partial charge in [-0.15, -0.1) is 12.4 Å². The average molecular weight is 335 g/mol.